The monoisotopic (exact) mass is 520 g/mol. The van der Waals surface area contributed by atoms with Crippen molar-refractivity contribution in [1.82, 2.24) is 0 Å². The molecule has 0 spiro atoms. The first-order chi connectivity index (χ1) is 19.8. The van der Waals surface area contributed by atoms with E-state index in [9.17, 15) is 0 Å². The van der Waals surface area contributed by atoms with E-state index in [0.29, 0.717) is 0 Å². The Hall–Kier alpha value is -4.82. The highest BCUT2D eigenvalue weighted by Gasteiger charge is 2.21. The molecule has 0 N–H and O–H groups in total. The molecule has 0 aliphatic heterocycles. The lowest BCUT2D eigenvalue weighted by atomic mass is 10.00. The number of hydrogen-bond donors (Lipinski definition) is 0. The van der Waals surface area contributed by atoms with E-state index < -0.39 is 0 Å². The molecule has 0 unspecified atom stereocenters. The van der Waals surface area contributed by atoms with Gasteiger partial charge in [-0.05, 0) is 85.3 Å². The number of benzene rings is 4. The van der Waals surface area contributed by atoms with Crippen LogP contribution in [0.3, 0.4) is 0 Å². The van der Waals surface area contributed by atoms with Gasteiger partial charge in [0.05, 0.1) is 22.3 Å². The molecule has 0 aliphatic rings. The van der Waals surface area contributed by atoms with Crippen molar-refractivity contribution in [2.24, 2.45) is 0 Å². The standard InChI is InChI=1S/C38H32O2/c1-5-17-31(18-6-1)35-25-29(26-36(39-35)32-19-7-2-8-20-32)15-13-14-16-30-27-37(33-21-9-3-10-22-33)40-38(28-30)34-23-11-4-12-24-34/h1-12,17-28H,13-16H2/q+2. The van der Waals surface area contributed by atoms with Gasteiger partial charge >= 0.3 is 23.0 Å². The summed E-state index contributed by atoms with van der Waals surface area (Å²) < 4.78 is 12.7. The number of unbranched alkanes of at least 4 members (excludes halogenated alkanes) is 1. The van der Waals surface area contributed by atoms with Crippen LogP contribution in [-0.2, 0) is 12.8 Å². The van der Waals surface area contributed by atoms with E-state index in [1.807, 2.05) is 24.3 Å². The molecular formula is C38H32O2+2. The van der Waals surface area contributed by atoms with E-state index in [1.165, 1.54) is 11.1 Å². The predicted molar refractivity (Wildman–Crippen MR) is 165 cm³/mol. The maximum atomic E-state index is 6.37. The van der Waals surface area contributed by atoms with Crippen molar-refractivity contribution in [2.75, 3.05) is 0 Å². The van der Waals surface area contributed by atoms with E-state index in [2.05, 4.69) is 121 Å². The van der Waals surface area contributed by atoms with Gasteiger partial charge in [0.25, 0.3) is 0 Å². The summed E-state index contributed by atoms with van der Waals surface area (Å²) >= 11 is 0. The van der Waals surface area contributed by atoms with Crippen molar-refractivity contribution in [3.63, 3.8) is 0 Å². The topological polar surface area (TPSA) is 22.6 Å². The van der Waals surface area contributed by atoms with Crippen molar-refractivity contribution in [3.05, 3.63) is 157 Å². The highest BCUT2D eigenvalue weighted by molar-refractivity contribution is 5.65. The summed E-state index contributed by atoms with van der Waals surface area (Å²) in [5, 5.41) is 0. The van der Waals surface area contributed by atoms with Crippen LogP contribution in [0.1, 0.15) is 24.0 Å². The fourth-order valence-electron chi connectivity index (χ4n) is 5.04. The van der Waals surface area contributed by atoms with E-state index in [-0.39, 0.29) is 0 Å². The molecule has 0 amide bonds. The van der Waals surface area contributed by atoms with Gasteiger partial charge in [0, 0.05) is 24.3 Å². The van der Waals surface area contributed by atoms with E-state index in [0.717, 1.165) is 71.0 Å². The first-order valence-electron chi connectivity index (χ1n) is 14.0. The van der Waals surface area contributed by atoms with Crippen molar-refractivity contribution < 1.29 is 8.83 Å². The zero-order valence-corrected chi connectivity index (χ0v) is 22.5. The Morgan fingerprint density at radius 1 is 0.325 bits per heavy atom. The lowest BCUT2D eigenvalue weighted by molar-refractivity contribution is 0.575. The average molecular weight is 521 g/mol. The number of hydrogen-bond acceptors (Lipinski definition) is 0. The minimum Gasteiger partial charge on any atom is -0.207 e. The van der Waals surface area contributed by atoms with Crippen LogP contribution in [0.2, 0.25) is 0 Å². The average Bonchev–Trinajstić information content (AvgIpc) is 3.04. The quantitative estimate of drug-likeness (QED) is 0.140. The molecule has 2 aromatic heterocycles. The van der Waals surface area contributed by atoms with Crippen LogP contribution >= 0.6 is 0 Å². The molecule has 40 heavy (non-hydrogen) atoms. The maximum absolute atomic E-state index is 6.37. The summed E-state index contributed by atoms with van der Waals surface area (Å²) in [6.07, 6.45) is 4.15. The van der Waals surface area contributed by atoms with Crippen molar-refractivity contribution in [3.8, 4) is 45.3 Å². The van der Waals surface area contributed by atoms with Gasteiger partial charge in [-0.3, -0.25) is 0 Å². The zero-order valence-electron chi connectivity index (χ0n) is 22.5. The van der Waals surface area contributed by atoms with E-state index >= 15 is 0 Å². The van der Waals surface area contributed by atoms with Gasteiger partial charge in [-0.15, -0.1) is 0 Å². The second-order valence-corrected chi connectivity index (χ2v) is 10.1. The Kier molecular flexibility index (Phi) is 7.87. The van der Waals surface area contributed by atoms with Gasteiger partial charge < -0.3 is 0 Å². The van der Waals surface area contributed by atoms with Crippen molar-refractivity contribution in [1.29, 1.82) is 0 Å². The first kappa shape index (κ1) is 25.5. The largest absolute Gasteiger partial charge is 0.361 e. The molecule has 194 valence electrons. The highest BCUT2D eigenvalue weighted by atomic mass is 16.3. The molecule has 6 aromatic rings. The second kappa shape index (κ2) is 12.4. The van der Waals surface area contributed by atoms with Crippen LogP contribution in [0.4, 0.5) is 0 Å². The summed E-state index contributed by atoms with van der Waals surface area (Å²) in [5.41, 5.74) is 6.96. The predicted octanol–water partition coefficient (Wildman–Crippen LogP) is 10.7. The zero-order chi connectivity index (χ0) is 27.0. The minimum absolute atomic E-state index is 0.904. The third-order valence-corrected chi connectivity index (χ3v) is 7.12. The van der Waals surface area contributed by atoms with Gasteiger partial charge in [-0.2, -0.15) is 0 Å². The molecule has 0 saturated carbocycles. The fourth-order valence-corrected chi connectivity index (χ4v) is 5.04. The molecule has 0 aliphatic carbocycles. The number of rotatable bonds is 9. The molecule has 0 atom stereocenters. The smallest absolute Gasteiger partial charge is 0.207 e. The molecule has 6 rings (SSSR count). The summed E-state index contributed by atoms with van der Waals surface area (Å²) in [5.74, 6) is 3.62. The Bertz CT molecular complexity index is 1420. The first-order valence-corrected chi connectivity index (χ1v) is 14.0. The van der Waals surface area contributed by atoms with Crippen molar-refractivity contribution >= 4 is 0 Å². The summed E-state index contributed by atoms with van der Waals surface area (Å²) in [4.78, 5) is 0. The molecule has 0 bridgehead atoms. The van der Waals surface area contributed by atoms with Crippen LogP contribution in [0.25, 0.3) is 45.3 Å². The third-order valence-electron chi connectivity index (χ3n) is 7.12. The van der Waals surface area contributed by atoms with E-state index in [4.69, 9.17) is 8.83 Å². The lowest BCUT2D eigenvalue weighted by Gasteiger charge is -2.04. The molecule has 2 heteroatoms. The molecule has 0 fully saturated rings. The van der Waals surface area contributed by atoms with Gasteiger partial charge in [-0.1, -0.05) is 72.8 Å². The van der Waals surface area contributed by atoms with Crippen LogP contribution in [0, 0.1) is 0 Å². The molecule has 4 aromatic carbocycles. The van der Waals surface area contributed by atoms with Crippen LogP contribution in [0.5, 0.6) is 0 Å². The molecule has 2 nitrogen and oxygen atoms in total. The summed E-state index contributed by atoms with van der Waals surface area (Å²) in [6, 6.07) is 50.2. The van der Waals surface area contributed by atoms with Crippen LogP contribution in [0.15, 0.2) is 154 Å². The van der Waals surface area contributed by atoms with Gasteiger partial charge in [0.1, 0.15) is 0 Å². The highest BCUT2D eigenvalue weighted by Crippen LogP contribution is 2.31. The van der Waals surface area contributed by atoms with E-state index in [1.54, 1.807) is 0 Å². The normalized spacial score (nSPS) is 10.9. The molecular weight excluding hydrogens is 488 g/mol. The van der Waals surface area contributed by atoms with Crippen LogP contribution in [-0.4, -0.2) is 0 Å². The van der Waals surface area contributed by atoms with Crippen LogP contribution < -0.4 is 0 Å². The Labute approximate surface area is 236 Å². The Morgan fingerprint density at radius 2 is 0.575 bits per heavy atom. The Balaban J connectivity index is 1.22. The minimum atomic E-state index is 0.904. The summed E-state index contributed by atoms with van der Waals surface area (Å²) in [7, 11) is 0. The number of aryl methyl sites for hydroxylation is 2. The fraction of sp³-hybridized carbons (Fsp3) is 0.105. The molecule has 0 radical (unpaired) electrons. The molecule has 0 saturated heterocycles. The maximum Gasteiger partial charge on any atom is 0.361 e. The third kappa shape index (κ3) is 6.24. The van der Waals surface area contributed by atoms with Gasteiger partial charge in [0.2, 0.25) is 0 Å². The van der Waals surface area contributed by atoms with Gasteiger partial charge in [-0.25, -0.2) is 8.83 Å². The lowest BCUT2D eigenvalue weighted by Crippen LogP contribution is -1.93. The summed E-state index contributed by atoms with van der Waals surface area (Å²) in [6.45, 7) is 0. The second-order valence-electron chi connectivity index (χ2n) is 10.1. The van der Waals surface area contributed by atoms with Gasteiger partial charge in [0.15, 0.2) is 0 Å². The Morgan fingerprint density at radius 3 is 0.825 bits per heavy atom. The SMILES string of the molecule is c1ccc(-c2cc(CCCCc3cc(-c4ccccc4)[o+]c(-c4ccccc4)c3)cc(-c3ccccc3)[o+]2)cc1. The van der Waals surface area contributed by atoms with Crippen molar-refractivity contribution in [2.45, 2.75) is 25.7 Å². The molecule has 2 heterocycles.